The second-order valence-corrected chi connectivity index (χ2v) is 9.40. The second-order valence-electron chi connectivity index (χ2n) is 9.40. The van der Waals surface area contributed by atoms with Crippen LogP contribution in [-0.2, 0) is 20.8 Å². The molecular formula is C29H26N6O3. The van der Waals surface area contributed by atoms with Gasteiger partial charge in [-0.2, -0.15) is 0 Å². The molecule has 0 saturated heterocycles. The van der Waals surface area contributed by atoms with Crippen molar-refractivity contribution in [3.63, 3.8) is 0 Å². The number of rotatable bonds is 7. The van der Waals surface area contributed by atoms with Crippen LogP contribution >= 0.6 is 0 Å². The Morgan fingerprint density at radius 2 is 1.66 bits per heavy atom. The van der Waals surface area contributed by atoms with E-state index in [9.17, 15) is 14.4 Å². The van der Waals surface area contributed by atoms with Gasteiger partial charge in [0.25, 0.3) is 5.91 Å². The van der Waals surface area contributed by atoms with Crippen LogP contribution in [-0.4, -0.2) is 38.8 Å². The predicted molar refractivity (Wildman–Crippen MR) is 147 cm³/mol. The van der Waals surface area contributed by atoms with Crippen molar-refractivity contribution in [3.05, 3.63) is 84.6 Å². The number of H-pyrrole nitrogens is 1. The van der Waals surface area contributed by atoms with E-state index in [4.69, 9.17) is 4.98 Å². The molecule has 1 atom stereocenters. The molecule has 3 N–H and O–H groups in total. The molecule has 0 bridgehead atoms. The van der Waals surface area contributed by atoms with Crippen molar-refractivity contribution in [1.29, 1.82) is 0 Å². The van der Waals surface area contributed by atoms with Gasteiger partial charge >= 0.3 is 0 Å². The SMILES string of the molecule is CC(=O)Nc1ccc(NC(=O)C[C@@H]2C(=O)N(CCc3c[nH]c4ccccc34)c3nc4ccccc4n32)cc1. The lowest BCUT2D eigenvalue weighted by Gasteiger charge is -2.16. The third-order valence-corrected chi connectivity index (χ3v) is 6.83. The molecule has 5 aromatic rings. The first kappa shape index (κ1) is 23.5. The monoisotopic (exact) mass is 506 g/mol. The maximum atomic E-state index is 13.7. The van der Waals surface area contributed by atoms with Crippen LogP contribution in [0.2, 0.25) is 0 Å². The Labute approximate surface area is 218 Å². The van der Waals surface area contributed by atoms with Crippen LogP contribution in [0.15, 0.2) is 79.0 Å². The summed E-state index contributed by atoms with van der Waals surface area (Å²) in [7, 11) is 0. The standard InChI is InChI=1S/C29H26N6O3/c1-18(36)31-20-10-12-21(13-11-20)32-27(37)16-26-28(38)34(29-33-24-8-4-5-9-25(24)35(26)29)15-14-19-17-30-23-7-3-2-6-22(19)23/h2-13,17,26,30H,14-16H2,1H3,(H,31,36)(H,32,37)/t26-/m1/s1. The van der Waals surface area contributed by atoms with Gasteiger partial charge in [-0.15, -0.1) is 0 Å². The molecular weight excluding hydrogens is 480 g/mol. The van der Waals surface area contributed by atoms with Crippen LogP contribution in [0, 0.1) is 0 Å². The van der Waals surface area contributed by atoms with E-state index >= 15 is 0 Å². The summed E-state index contributed by atoms with van der Waals surface area (Å²) in [6, 6.07) is 21.9. The third-order valence-electron chi connectivity index (χ3n) is 6.83. The summed E-state index contributed by atoms with van der Waals surface area (Å²) in [6.45, 7) is 1.89. The number of aromatic nitrogens is 3. The number of nitrogens with zero attached hydrogens (tertiary/aromatic N) is 3. The van der Waals surface area contributed by atoms with Gasteiger partial charge in [0.1, 0.15) is 6.04 Å². The Hall–Kier alpha value is -4.92. The molecule has 3 aromatic carbocycles. The average Bonchev–Trinajstić information content (AvgIpc) is 3.56. The Bertz CT molecular complexity index is 1680. The van der Waals surface area contributed by atoms with E-state index in [1.54, 1.807) is 29.2 Å². The topological polar surface area (TPSA) is 112 Å². The molecule has 9 heteroatoms. The normalized spacial score (nSPS) is 14.7. The molecule has 0 aliphatic carbocycles. The maximum Gasteiger partial charge on any atom is 0.253 e. The Morgan fingerprint density at radius 1 is 0.947 bits per heavy atom. The summed E-state index contributed by atoms with van der Waals surface area (Å²) < 4.78 is 1.88. The van der Waals surface area contributed by atoms with Gasteiger partial charge in [0.15, 0.2) is 0 Å². The van der Waals surface area contributed by atoms with Gasteiger partial charge in [0.05, 0.1) is 17.5 Å². The zero-order chi connectivity index (χ0) is 26.2. The van der Waals surface area contributed by atoms with Crippen LogP contribution in [0.1, 0.15) is 24.9 Å². The van der Waals surface area contributed by atoms with Gasteiger partial charge in [0.2, 0.25) is 17.8 Å². The lowest BCUT2D eigenvalue weighted by molar-refractivity contribution is -0.124. The third kappa shape index (κ3) is 4.28. The van der Waals surface area contributed by atoms with Gasteiger partial charge in [-0.05, 0) is 54.4 Å². The van der Waals surface area contributed by atoms with Gasteiger partial charge in [-0.25, -0.2) is 4.98 Å². The number of imidazole rings is 1. The quantitative estimate of drug-likeness (QED) is 0.299. The average molecular weight is 507 g/mol. The van der Waals surface area contributed by atoms with Gasteiger partial charge < -0.3 is 15.6 Å². The van der Waals surface area contributed by atoms with E-state index in [0.717, 1.165) is 27.5 Å². The number of hydrogen-bond donors (Lipinski definition) is 3. The summed E-state index contributed by atoms with van der Waals surface area (Å²) in [4.78, 5) is 47.7. The van der Waals surface area contributed by atoms with Gasteiger partial charge in [0, 0.05) is 41.9 Å². The summed E-state index contributed by atoms with van der Waals surface area (Å²) in [5.41, 5.74) is 5.01. The number of carbonyl (C=O) groups is 3. The highest BCUT2D eigenvalue weighted by Crippen LogP contribution is 2.37. The van der Waals surface area contributed by atoms with Crippen molar-refractivity contribution in [2.45, 2.75) is 25.8 Å². The molecule has 9 nitrogen and oxygen atoms in total. The molecule has 0 fully saturated rings. The lowest BCUT2D eigenvalue weighted by atomic mass is 10.1. The largest absolute Gasteiger partial charge is 0.361 e. The fraction of sp³-hybridized carbons (Fsp3) is 0.172. The Morgan fingerprint density at radius 3 is 2.45 bits per heavy atom. The minimum absolute atomic E-state index is 0.0246. The number of carbonyl (C=O) groups excluding carboxylic acids is 3. The first-order valence-electron chi connectivity index (χ1n) is 12.5. The fourth-order valence-corrected chi connectivity index (χ4v) is 5.11. The van der Waals surface area contributed by atoms with Crippen molar-refractivity contribution >= 4 is 57.0 Å². The van der Waals surface area contributed by atoms with Crippen LogP contribution in [0.25, 0.3) is 21.9 Å². The number of fused-ring (bicyclic) bond motifs is 4. The molecule has 0 spiro atoms. The number of nitrogens with one attached hydrogen (secondary N) is 3. The van der Waals surface area contributed by atoms with Crippen LogP contribution in [0.3, 0.4) is 0 Å². The second kappa shape index (κ2) is 9.51. The minimum atomic E-state index is -0.695. The highest BCUT2D eigenvalue weighted by molar-refractivity contribution is 6.05. The fourth-order valence-electron chi connectivity index (χ4n) is 5.11. The molecule has 6 rings (SSSR count). The molecule has 1 aliphatic rings. The van der Waals surface area contributed by atoms with E-state index in [1.165, 1.54) is 6.92 Å². The van der Waals surface area contributed by atoms with Crippen molar-refractivity contribution in [2.24, 2.45) is 0 Å². The summed E-state index contributed by atoms with van der Waals surface area (Å²) >= 11 is 0. The molecule has 3 amide bonds. The van der Waals surface area contributed by atoms with Crippen LogP contribution in [0.5, 0.6) is 0 Å². The lowest BCUT2D eigenvalue weighted by Crippen LogP contribution is -2.33. The van der Waals surface area contributed by atoms with Gasteiger partial charge in [-0.3, -0.25) is 23.9 Å². The molecule has 0 saturated carbocycles. The number of para-hydroxylation sites is 3. The first-order chi connectivity index (χ1) is 18.5. The van der Waals surface area contributed by atoms with E-state index in [-0.39, 0.29) is 24.1 Å². The van der Waals surface area contributed by atoms with E-state index in [0.29, 0.717) is 30.3 Å². The van der Waals surface area contributed by atoms with Crippen LogP contribution in [0.4, 0.5) is 17.3 Å². The molecule has 38 heavy (non-hydrogen) atoms. The minimum Gasteiger partial charge on any atom is -0.361 e. The highest BCUT2D eigenvalue weighted by atomic mass is 16.2. The number of aromatic amines is 1. The summed E-state index contributed by atoms with van der Waals surface area (Å²) in [5, 5.41) is 6.70. The number of amides is 3. The highest BCUT2D eigenvalue weighted by Gasteiger charge is 2.40. The molecule has 190 valence electrons. The zero-order valence-corrected chi connectivity index (χ0v) is 20.8. The Balaban J connectivity index is 1.23. The number of hydrogen-bond acceptors (Lipinski definition) is 4. The molecule has 2 aromatic heterocycles. The summed E-state index contributed by atoms with van der Waals surface area (Å²) in [5.74, 6) is -0.0280. The number of anilines is 3. The Kier molecular flexibility index (Phi) is 5.88. The van der Waals surface area contributed by atoms with Crippen LogP contribution < -0.4 is 15.5 Å². The molecule has 0 unspecified atom stereocenters. The number of benzene rings is 3. The van der Waals surface area contributed by atoms with E-state index in [1.807, 2.05) is 53.2 Å². The first-order valence-corrected chi connectivity index (χ1v) is 12.5. The van der Waals surface area contributed by atoms with Crippen molar-refractivity contribution < 1.29 is 14.4 Å². The maximum absolute atomic E-state index is 13.7. The van der Waals surface area contributed by atoms with Crippen molar-refractivity contribution in [3.8, 4) is 0 Å². The molecule has 3 heterocycles. The summed E-state index contributed by atoms with van der Waals surface area (Å²) in [6.07, 6.45) is 2.61. The van der Waals surface area contributed by atoms with E-state index < -0.39 is 6.04 Å². The smallest absolute Gasteiger partial charge is 0.253 e. The molecule has 0 radical (unpaired) electrons. The zero-order valence-electron chi connectivity index (χ0n) is 20.8. The predicted octanol–water partition coefficient (Wildman–Crippen LogP) is 4.64. The van der Waals surface area contributed by atoms with Gasteiger partial charge in [-0.1, -0.05) is 30.3 Å². The van der Waals surface area contributed by atoms with Crippen molar-refractivity contribution in [1.82, 2.24) is 14.5 Å². The molecule has 1 aliphatic heterocycles. The van der Waals surface area contributed by atoms with E-state index in [2.05, 4.69) is 21.7 Å². The van der Waals surface area contributed by atoms with Crippen molar-refractivity contribution in [2.75, 3.05) is 22.1 Å².